The van der Waals surface area contributed by atoms with Gasteiger partial charge in [-0.15, -0.1) is 10.8 Å². The number of carboxylic acid groups (broad SMARTS) is 1. The van der Waals surface area contributed by atoms with Crippen LogP contribution in [0, 0.1) is 11.7 Å². The van der Waals surface area contributed by atoms with Gasteiger partial charge in [0.15, 0.2) is 0 Å². The van der Waals surface area contributed by atoms with E-state index in [9.17, 15) is 41.4 Å². The number of hydrogen-bond acceptors (Lipinski definition) is 7. The molecule has 48 heavy (non-hydrogen) atoms. The predicted molar refractivity (Wildman–Crippen MR) is 174 cm³/mol. The van der Waals surface area contributed by atoms with Gasteiger partial charge in [0.05, 0.1) is 23.5 Å². The number of alkyl halides is 3. The molecule has 5 rings (SSSR count). The Hall–Kier alpha value is -2.95. The Kier molecular flexibility index (Phi) is 11.3. The molecule has 3 aliphatic rings. The van der Waals surface area contributed by atoms with Gasteiger partial charge in [-0.2, -0.15) is 13.2 Å². The highest BCUT2D eigenvalue weighted by Crippen LogP contribution is 2.49. The van der Waals surface area contributed by atoms with Crippen molar-refractivity contribution in [3.8, 4) is 0 Å². The molecule has 2 unspecified atom stereocenters. The second kappa shape index (κ2) is 14.9. The van der Waals surface area contributed by atoms with Crippen LogP contribution in [-0.2, 0) is 22.1 Å². The summed E-state index contributed by atoms with van der Waals surface area (Å²) in [7, 11) is -3.09. The van der Waals surface area contributed by atoms with Crippen LogP contribution in [0.5, 0.6) is 0 Å². The molecule has 10 nitrogen and oxygen atoms in total. The molecule has 2 aromatic rings. The number of benzene rings is 2. The van der Waals surface area contributed by atoms with E-state index >= 15 is 0 Å². The third kappa shape index (κ3) is 8.61. The molecule has 3 fully saturated rings. The van der Waals surface area contributed by atoms with Crippen molar-refractivity contribution in [1.29, 1.82) is 0 Å². The Balaban J connectivity index is 1.47. The van der Waals surface area contributed by atoms with Crippen LogP contribution >= 0.6 is 10.8 Å². The maximum absolute atomic E-state index is 14.4. The molecule has 2 bridgehead atoms. The zero-order valence-electron chi connectivity index (χ0n) is 26.9. The van der Waals surface area contributed by atoms with Gasteiger partial charge in [0.1, 0.15) is 11.9 Å². The molecular weight excluding hydrogens is 656 g/mol. The second-order valence-corrected chi connectivity index (χ2v) is 15.3. The predicted octanol–water partition coefficient (Wildman–Crippen LogP) is 6.44. The average Bonchev–Trinajstić information content (AvgIpc) is 3.11. The lowest BCUT2D eigenvalue weighted by atomic mass is 9.74. The molecule has 6 N–H and O–H groups in total. The van der Waals surface area contributed by atoms with E-state index in [-0.39, 0.29) is 54.0 Å². The summed E-state index contributed by atoms with van der Waals surface area (Å²) in [5.74, 6) is -2.26. The van der Waals surface area contributed by atoms with Crippen molar-refractivity contribution < 1.29 is 46.1 Å². The molecule has 0 aliphatic carbocycles. The molecule has 0 radical (unpaired) electrons. The minimum atomic E-state index is -4.76. The lowest BCUT2D eigenvalue weighted by Crippen LogP contribution is -2.55. The largest absolute Gasteiger partial charge is 0.465 e. The first-order chi connectivity index (χ1) is 22.6. The fourth-order valence-corrected chi connectivity index (χ4v) is 9.52. The van der Waals surface area contributed by atoms with Gasteiger partial charge < -0.3 is 25.8 Å². The van der Waals surface area contributed by atoms with Crippen molar-refractivity contribution in [2.24, 2.45) is 5.92 Å². The highest BCUT2D eigenvalue weighted by atomic mass is 32.3. The fraction of sp³-hybridized carbons (Fsp3) is 0.576. The zero-order valence-corrected chi connectivity index (χ0v) is 27.7. The minimum absolute atomic E-state index is 0.0571. The van der Waals surface area contributed by atoms with Crippen LogP contribution in [0.2, 0.25) is 0 Å². The normalized spacial score (nSPS) is 29.2. The van der Waals surface area contributed by atoms with E-state index in [4.69, 9.17) is 4.74 Å². The lowest BCUT2D eigenvalue weighted by Gasteiger charge is -2.49. The van der Waals surface area contributed by atoms with Crippen molar-refractivity contribution in [2.45, 2.75) is 94.8 Å². The van der Waals surface area contributed by atoms with Crippen LogP contribution in [0.4, 0.5) is 28.0 Å². The van der Waals surface area contributed by atoms with Gasteiger partial charge in [-0.1, -0.05) is 18.2 Å². The summed E-state index contributed by atoms with van der Waals surface area (Å²) >= 11 is 0. The average molecular weight is 701 g/mol. The first-order valence-electron chi connectivity index (χ1n) is 16.3. The Morgan fingerprint density at radius 2 is 1.79 bits per heavy atom. The molecular formula is C33H44F4N4O6S. The van der Waals surface area contributed by atoms with Gasteiger partial charge in [-0.3, -0.25) is 13.9 Å². The van der Waals surface area contributed by atoms with E-state index in [1.807, 2.05) is 13.8 Å². The number of rotatable bonds is 9. The molecule has 15 heteroatoms. The van der Waals surface area contributed by atoms with Gasteiger partial charge in [0.2, 0.25) is 5.91 Å². The number of anilines is 1. The van der Waals surface area contributed by atoms with Crippen LogP contribution in [0.25, 0.3) is 0 Å². The summed E-state index contributed by atoms with van der Waals surface area (Å²) in [6.07, 6.45) is -4.37. The van der Waals surface area contributed by atoms with Crippen LogP contribution in [-0.4, -0.2) is 79.7 Å². The number of fused-ring (bicyclic) bond motifs is 2. The van der Waals surface area contributed by atoms with Gasteiger partial charge >= 0.3 is 12.3 Å². The summed E-state index contributed by atoms with van der Waals surface area (Å²) in [6.45, 7) is 4.47. The van der Waals surface area contributed by atoms with Gasteiger partial charge in [-0.25, -0.2) is 13.5 Å². The number of nitrogens with zero attached hydrogens (tertiary/aromatic N) is 1. The Morgan fingerprint density at radius 3 is 2.44 bits per heavy atom. The number of carbonyl (C=O) groups is 2. The molecule has 2 amide bonds. The highest BCUT2D eigenvalue weighted by molar-refractivity contribution is 8.22. The highest BCUT2D eigenvalue weighted by Gasteiger charge is 2.42. The van der Waals surface area contributed by atoms with Crippen molar-refractivity contribution in [2.75, 3.05) is 24.2 Å². The van der Waals surface area contributed by atoms with E-state index < -0.39 is 58.3 Å². The monoisotopic (exact) mass is 700 g/mol. The van der Waals surface area contributed by atoms with Crippen molar-refractivity contribution in [3.63, 3.8) is 0 Å². The summed E-state index contributed by atoms with van der Waals surface area (Å²) in [6, 6.07) is 7.02. The summed E-state index contributed by atoms with van der Waals surface area (Å²) in [4.78, 5) is 26.2. The van der Waals surface area contributed by atoms with E-state index in [1.165, 1.54) is 36.4 Å². The SMILES string of the molecule is C[C@@H]1CC([C@H](c2ccc(F)cc2)[C@H](NC(=O)O)C(=O)Nc2cccc(C(F)(F)F)c2CC[C@H]2CN[C@@H]3CCCS(O)(O)N2C3)C[C@H](C)O1. The van der Waals surface area contributed by atoms with Gasteiger partial charge in [0.25, 0.3) is 0 Å². The molecule has 3 heterocycles. The topological polar surface area (TPSA) is 143 Å². The number of ether oxygens (including phenoxy) is 1. The smallest absolute Gasteiger partial charge is 0.416 e. The van der Waals surface area contributed by atoms with E-state index in [2.05, 4.69) is 16.0 Å². The Bertz CT molecular complexity index is 1440. The number of amides is 2. The standard InChI is InChI=1S/C33H44F4N4O6S/c1-19-15-22(16-20(2)47-19)29(21-8-10-23(34)11-9-21)30(40-32(43)44)31(42)39-28-7-3-6-27(33(35,36)37)26(28)13-12-25-17-38-24-5-4-14-48(45,46)41(25)18-24/h3,6-11,19-20,22,24-25,29-30,38,40,45-46H,4-5,12-18H2,1-2H3,(H,39,42)(H,43,44)/t19-,20+,22?,24-,25+,29+,30+/m1/s1. The quantitative estimate of drug-likeness (QED) is 0.164. The first-order valence-corrected chi connectivity index (χ1v) is 18.0. The first kappa shape index (κ1) is 36.3. The third-order valence-electron chi connectivity index (χ3n) is 9.68. The van der Waals surface area contributed by atoms with Crippen LogP contribution < -0.4 is 16.0 Å². The van der Waals surface area contributed by atoms with E-state index in [1.54, 1.807) is 4.31 Å². The van der Waals surface area contributed by atoms with E-state index in [0.717, 1.165) is 12.5 Å². The third-order valence-corrected chi connectivity index (χ3v) is 11.7. The molecule has 0 saturated carbocycles. The van der Waals surface area contributed by atoms with Gasteiger partial charge in [-0.05, 0) is 93.7 Å². The summed E-state index contributed by atoms with van der Waals surface area (Å²) in [5, 5.41) is 18.1. The second-order valence-electron chi connectivity index (χ2n) is 13.2. The zero-order chi connectivity index (χ0) is 34.8. The van der Waals surface area contributed by atoms with Crippen molar-refractivity contribution in [3.05, 3.63) is 65.0 Å². The maximum atomic E-state index is 14.4. The number of nitrogens with one attached hydrogen (secondary N) is 3. The molecule has 8 atom stereocenters. The van der Waals surface area contributed by atoms with Crippen molar-refractivity contribution in [1.82, 2.24) is 14.9 Å². The summed E-state index contributed by atoms with van der Waals surface area (Å²) < 4.78 is 86.3. The maximum Gasteiger partial charge on any atom is 0.416 e. The van der Waals surface area contributed by atoms with Crippen LogP contribution in [0.1, 0.15) is 68.6 Å². The Labute approximate surface area is 279 Å². The molecule has 0 aromatic heterocycles. The van der Waals surface area contributed by atoms with Crippen LogP contribution in [0.15, 0.2) is 42.5 Å². The lowest BCUT2D eigenvalue weighted by molar-refractivity contribution is -0.138. The number of piperazine rings is 1. The van der Waals surface area contributed by atoms with E-state index in [0.29, 0.717) is 37.9 Å². The minimum Gasteiger partial charge on any atom is -0.465 e. The number of carbonyl (C=O) groups excluding carboxylic acids is 1. The molecule has 2 aromatic carbocycles. The number of hydrogen-bond donors (Lipinski definition) is 6. The van der Waals surface area contributed by atoms with Crippen LogP contribution in [0.3, 0.4) is 0 Å². The molecule has 3 aliphatic heterocycles. The van der Waals surface area contributed by atoms with Crippen molar-refractivity contribution >= 4 is 28.5 Å². The fourth-order valence-electron chi connectivity index (χ4n) is 7.66. The summed E-state index contributed by atoms with van der Waals surface area (Å²) in [5.41, 5.74) is -0.759. The Morgan fingerprint density at radius 1 is 1.10 bits per heavy atom. The van der Waals surface area contributed by atoms with Gasteiger partial charge in [0, 0.05) is 36.8 Å². The molecule has 266 valence electrons. The molecule has 0 spiro atoms. The molecule has 3 saturated heterocycles. The number of halogens is 4.